The SMILES string of the molecule is CCCOCC(C)OC1NC(C)=C(/N=C/N(C)CC)C=C1C#N. The molecule has 2 atom stereocenters. The molecule has 0 fully saturated rings. The smallest absolute Gasteiger partial charge is 0.164 e. The predicted molar refractivity (Wildman–Crippen MR) is 91.8 cm³/mol. The third kappa shape index (κ3) is 6.43. The maximum atomic E-state index is 9.36. The van der Waals surface area contributed by atoms with E-state index in [1.807, 2.05) is 25.8 Å². The summed E-state index contributed by atoms with van der Waals surface area (Å²) in [5.74, 6) is 0. The summed E-state index contributed by atoms with van der Waals surface area (Å²) in [4.78, 5) is 6.39. The third-order valence-corrected chi connectivity index (χ3v) is 3.40. The Hall–Kier alpha value is -1.84. The Kier molecular flexibility index (Phi) is 8.38. The molecule has 0 aromatic carbocycles. The van der Waals surface area contributed by atoms with Gasteiger partial charge in [0.25, 0.3) is 0 Å². The van der Waals surface area contributed by atoms with Crippen molar-refractivity contribution in [2.75, 3.05) is 26.8 Å². The summed E-state index contributed by atoms with van der Waals surface area (Å²) in [6.45, 7) is 10.1. The van der Waals surface area contributed by atoms with Gasteiger partial charge in [-0.3, -0.25) is 0 Å². The number of aliphatic imine (C=N–C) groups is 1. The minimum atomic E-state index is -0.455. The van der Waals surface area contributed by atoms with Gasteiger partial charge >= 0.3 is 0 Å². The molecule has 0 aromatic heterocycles. The molecule has 1 heterocycles. The molecule has 0 aromatic rings. The Morgan fingerprint density at radius 1 is 1.52 bits per heavy atom. The molecule has 23 heavy (non-hydrogen) atoms. The number of allylic oxidation sites excluding steroid dienone is 2. The molecular formula is C17H28N4O2. The summed E-state index contributed by atoms with van der Waals surface area (Å²) in [7, 11) is 1.95. The van der Waals surface area contributed by atoms with E-state index in [2.05, 4.69) is 30.2 Å². The van der Waals surface area contributed by atoms with E-state index in [1.165, 1.54) is 0 Å². The van der Waals surface area contributed by atoms with Crippen LogP contribution in [-0.2, 0) is 9.47 Å². The van der Waals surface area contributed by atoms with E-state index >= 15 is 0 Å². The van der Waals surface area contributed by atoms with Crippen molar-refractivity contribution in [1.29, 1.82) is 5.26 Å². The van der Waals surface area contributed by atoms with Gasteiger partial charge in [-0.1, -0.05) is 6.92 Å². The molecule has 0 aliphatic carbocycles. The summed E-state index contributed by atoms with van der Waals surface area (Å²) in [6, 6.07) is 2.19. The van der Waals surface area contributed by atoms with Crippen LogP contribution in [0, 0.1) is 11.3 Å². The first-order valence-electron chi connectivity index (χ1n) is 8.08. The van der Waals surface area contributed by atoms with Gasteiger partial charge in [0.15, 0.2) is 6.23 Å². The molecule has 6 nitrogen and oxygen atoms in total. The average molecular weight is 320 g/mol. The molecule has 6 heteroatoms. The Morgan fingerprint density at radius 3 is 2.87 bits per heavy atom. The van der Waals surface area contributed by atoms with Crippen LogP contribution in [0.25, 0.3) is 0 Å². The fourth-order valence-electron chi connectivity index (χ4n) is 1.92. The second kappa shape index (κ2) is 10.0. The van der Waals surface area contributed by atoms with Gasteiger partial charge in [-0.25, -0.2) is 4.99 Å². The first-order chi connectivity index (χ1) is 11.0. The zero-order valence-electron chi connectivity index (χ0n) is 14.8. The van der Waals surface area contributed by atoms with E-state index in [-0.39, 0.29) is 6.10 Å². The maximum absolute atomic E-state index is 9.36. The monoisotopic (exact) mass is 320 g/mol. The second-order valence-electron chi connectivity index (χ2n) is 5.59. The van der Waals surface area contributed by atoms with Crippen molar-refractivity contribution in [2.45, 2.75) is 46.4 Å². The minimum Gasteiger partial charge on any atom is -0.379 e. The predicted octanol–water partition coefficient (Wildman–Crippen LogP) is 2.41. The summed E-state index contributed by atoms with van der Waals surface area (Å²) >= 11 is 0. The zero-order valence-corrected chi connectivity index (χ0v) is 14.8. The van der Waals surface area contributed by atoms with Crippen LogP contribution in [0.15, 0.2) is 28.0 Å². The van der Waals surface area contributed by atoms with Crippen molar-refractivity contribution in [3.05, 3.63) is 23.0 Å². The molecule has 128 valence electrons. The molecule has 2 unspecified atom stereocenters. The molecule has 1 N–H and O–H groups in total. The summed E-state index contributed by atoms with van der Waals surface area (Å²) in [5.41, 5.74) is 2.15. The van der Waals surface area contributed by atoms with Crippen molar-refractivity contribution in [2.24, 2.45) is 4.99 Å². The number of hydrogen-bond donors (Lipinski definition) is 1. The molecule has 0 saturated heterocycles. The molecule has 1 aliphatic rings. The first kappa shape index (κ1) is 19.2. The number of nitriles is 1. The van der Waals surface area contributed by atoms with Gasteiger partial charge in [-0.15, -0.1) is 0 Å². The number of dihydropyridines is 1. The normalized spacial score (nSPS) is 19.3. The van der Waals surface area contributed by atoms with Gasteiger partial charge in [0.1, 0.15) is 0 Å². The zero-order chi connectivity index (χ0) is 17.2. The minimum absolute atomic E-state index is 0.0973. The Balaban J connectivity index is 2.71. The second-order valence-corrected chi connectivity index (χ2v) is 5.59. The molecule has 0 spiro atoms. The van der Waals surface area contributed by atoms with Gasteiger partial charge in [-0.2, -0.15) is 5.26 Å². The number of nitrogens with one attached hydrogen (secondary N) is 1. The number of ether oxygens (including phenoxy) is 2. The van der Waals surface area contributed by atoms with Crippen LogP contribution in [0.4, 0.5) is 0 Å². The highest BCUT2D eigenvalue weighted by Gasteiger charge is 2.23. The Bertz CT molecular complexity index is 505. The van der Waals surface area contributed by atoms with Crippen molar-refractivity contribution in [3.8, 4) is 6.07 Å². The average Bonchev–Trinajstić information content (AvgIpc) is 2.54. The molecule has 1 aliphatic heterocycles. The Labute approximate surface area is 139 Å². The fraction of sp³-hybridized carbons (Fsp3) is 0.647. The lowest BCUT2D eigenvalue weighted by Gasteiger charge is -2.27. The van der Waals surface area contributed by atoms with E-state index < -0.39 is 6.23 Å². The molecule has 0 amide bonds. The lowest BCUT2D eigenvalue weighted by atomic mass is 10.1. The number of nitrogens with zero attached hydrogens (tertiary/aromatic N) is 3. The van der Waals surface area contributed by atoms with E-state index in [9.17, 15) is 5.26 Å². The van der Waals surface area contributed by atoms with Crippen LogP contribution in [0.1, 0.15) is 34.1 Å². The first-order valence-corrected chi connectivity index (χ1v) is 8.08. The highest BCUT2D eigenvalue weighted by atomic mass is 16.5. The summed E-state index contributed by atoms with van der Waals surface area (Å²) in [6.07, 6.45) is 3.96. The van der Waals surface area contributed by atoms with Gasteiger partial charge in [-0.05, 0) is 33.3 Å². The fourth-order valence-corrected chi connectivity index (χ4v) is 1.92. The van der Waals surface area contributed by atoms with Gasteiger partial charge in [0.2, 0.25) is 0 Å². The largest absolute Gasteiger partial charge is 0.379 e. The van der Waals surface area contributed by atoms with Crippen LogP contribution >= 0.6 is 0 Å². The standard InChI is InChI=1S/C17H28N4O2/c1-6-8-22-11-13(3)23-17-15(10-18)9-16(14(4)20-17)19-12-21(5)7-2/h9,12-13,17,20H,6-8,11H2,1-5H3/b19-12+. The van der Waals surface area contributed by atoms with Crippen LogP contribution in [0.5, 0.6) is 0 Å². The topological polar surface area (TPSA) is 69.9 Å². The van der Waals surface area contributed by atoms with E-state index in [0.29, 0.717) is 12.2 Å². The van der Waals surface area contributed by atoms with Crippen LogP contribution in [0.2, 0.25) is 0 Å². The van der Waals surface area contributed by atoms with Gasteiger partial charge in [0.05, 0.1) is 36.4 Å². The van der Waals surface area contributed by atoms with Crippen molar-refractivity contribution >= 4 is 6.34 Å². The molecule has 1 rings (SSSR count). The lowest BCUT2D eigenvalue weighted by Crippen LogP contribution is -2.38. The molecular weight excluding hydrogens is 292 g/mol. The summed E-state index contributed by atoms with van der Waals surface area (Å²) in [5, 5.41) is 12.6. The molecule has 0 radical (unpaired) electrons. The van der Waals surface area contributed by atoms with Crippen LogP contribution in [-0.4, -0.2) is 50.4 Å². The summed E-state index contributed by atoms with van der Waals surface area (Å²) < 4.78 is 11.4. The quantitative estimate of drug-likeness (QED) is 0.401. The van der Waals surface area contributed by atoms with Crippen molar-refractivity contribution in [1.82, 2.24) is 10.2 Å². The lowest BCUT2D eigenvalue weighted by molar-refractivity contribution is -0.0420. The van der Waals surface area contributed by atoms with Crippen LogP contribution in [0.3, 0.4) is 0 Å². The third-order valence-electron chi connectivity index (χ3n) is 3.40. The Morgan fingerprint density at radius 2 is 2.26 bits per heavy atom. The number of rotatable bonds is 9. The van der Waals surface area contributed by atoms with E-state index in [4.69, 9.17) is 9.47 Å². The number of hydrogen-bond acceptors (Lipinski definition) is 5. The maximum Gasteiger partial charge on any atom is 0.164 e. The van der Waals surface area contributed by atoms with Crippen molar-refractivity contribution < 1.29 is 9.47 Å². The van der Waals surface area contributed by atoms with Gasteiger partial charge in [0, 0.05) is 25.9 Å². The van der Waals surface area contributed by atoms with Crippen molar-refractivity contribution in [3.63, 3.8) is 0 Å². The van der Waals surface area contributed by atoms with E-state index in [0.717, 1.165) is 31.0 Å². The van der Waals surface area contributed by atoms with Gasteiger partial charge < -0.3 is 19.7 Å². The molecule has 0 bridgehead atoms. The highest BCUT2D eigenvalue weighted by molar-refractivity contribution is 5.58. The van der Waals surface area contributed by atoms with E-state index in [1.54, 1.807) is 12.4 Å². The van der Waals surface area contributed by atoms with Crippen LogP contribution < -0.4 is 5.32 Å². The molecule has 0 saturated carbocycles. The highest BCUT2D eigenvalue weighted by Crippen LogP contribution is 2.20.